The minimum absolute atomic E-state index is 0.291. The van der Waals surface area contributed by atoms with Crippen LogP contribution in [0, 0.1) is 6.92 Å². The molecule has 0 spiro atoms. The Balaban J connectivity index is 2.36. The molecule has 1 fully saturated rings. The summed E-state index contributed by atoms with van der Waals surface area (Å²) in [5.74, 6) is 0. The molecule has 1 unspecified atom stereocenters. The van der Waals surface area contributed by atoms with E-state index in [1.165, 1.54) is 11.1 Å². The third-order valence-corrected chi connectivity index (χ3v) is 2.95. The molecule has 1 aliphatic heterocycles. The first-order valence-electron chi connectivity index (χ1n) is 5.13. The van der Waals surface area contributed by atoms with E-state index in [0.717, 1.165) is 6.42 Å². The summed E-state index contributed by atoms with van der Waals surface area (Å²) >= 11 is 0. The van der Waals surface area contributed by atoms with Crippen molar-refractivity contribution in [2.75, 3.05) is 6.61 Å². The summed E-state index contributed by atoms with van der Waals surface area (Å²) in [6, 6.07) is 8.11. The third kappa shape index (κ3) is 1.82. The second kappa shape index (κ2) is 3.57. The van der Waals surface area contributed by atoms with Gasteiger partial charge in [-0.15, -0.1) is 0 Å². The summed E-state index contributed by atoms with van der Waals surface area (Å²) in [7, 11) is 0. The van der Waals surface area contributed by atoms with E-state index in [4.69, 9.17) is 4.74 Å². The van der Waals surface area contributed by atoms with E-state index in [1.807, 2.05) is 19.1 Å². The minimum atomic E-state index is -0.327. The summed E-state index contributed by atoms with van der Waals surface area (Å²) in [5, 5.41) is 2.89. The molecule has 1 atom stereocenters. The molecule has 0 radical (unpaired) electrons. The van der Waals surface area contributed by atoms with Gasteiger partial charge in [0.1, 0.15) is 0 Å². The number of nitrogens with one attached hydrogen (secondary N) is 1. The Hall–Kier alpha value is -1.51. The molecule has 15 heavy (non-hydrogen) atoms. The summed E-state index contributed by atoms with van der Waals surface area (Å²) < 4.78 is 4.88. The highest BCUT2D eigenvalue weighted by atomic mass is 16.6. The van der Waals surface area contributed by atoms with E-state index in [0.29, 0.717) is 6.61 Å². The fourth-order valence-corrected chi connectivity index (χ4v) is 2.07. The molecule has 0 aromatic heterocycles. The van der Waals surface area contributed by atoms with Crippen LogP contribution in [0.3, 0.4) is 0 Å². The molecule has 3 heteroatoms. The van der Waals surface area contributed by atoms with Crippen molar-refractivity contribution in [3.63, 3.8) is 0 Å². The number of aryl methyl sites for hydroxylation is 1. The Morgan fingerprint density at radius 2 is 2.13 bits per heavy atom. The van der Waals surface area contributed by atoms with Crippen LogP contribution in [0.25, 0.3) is 0 Å². The molecule has 1 aromatic carbocycles. The van der Waals surface area contributed by atoms with Crippen LogP contribution in [0.2, 0.25) is 0 Å². The lowest BCUT2D eigenvalue weighted by molar-refractivity contribution is 0.0915. The highest BCUT2D eigenvalue weighted by molar-refractivity contribution is 5.69. The van der Waals surface area contributed by atoms with Gasteiger partial charge in [0, 0.05) is 6.42 Å². The van der Waals surface area contributed by atoms with Crippen LogP contribution in [0.5, 0.6) is 0 Å². The van der Waals surface area contributed by atoms with Gasteiger partial charge in [-0.2, -0.15) is 0 Å². The molecule has 1 N–H and O–H groups in total. The molecule has 1 heterocycles. The van der Waals surface area contributed by atoms with Crippen LogP contribution >= 0.6 is 0 Å². The van der Waals surface area contributed by atoms with E-state index >= 15 is 0 Å². The Kier molecular flexibility index (Phi) is 2.39. The zero-order valence-electron chi connectivity index (χ0n) is 9.04. The van der Waals surface area contributed by atoms with Gasteiger partial charge in [-0.05, 0) is 25.0 Å². The number of carbonyl (C=O) groups is 1. The zero-order chi connectivity index (χ0) is 10.9. The molecule has 80 valence electrons. The van der Waals surface area contributed by atoms with Crippen molar-refractivity contribution in [3.8, 4) is 0 Å². The maximum atomic E-state index is 11.2. The van der Waals surface area contributed by atoms with Gasteiger partial charge in [0.25, 0.3) is 0 Å². The highest BCUT2D eigenvalue weighted by Gasteiger charge is 2.33. The van der Waals surface area contributed by atoms with Crippen LogP contribution in [-0.2, 0) is 10.3 Å². The standard InChI is InChI=1S/C12H15NO2/c1-9-5-3-4-6-10(9)12(2)7-8-15-11(14)13-12/h3-6H,7-8H2,1-2H3,(H,13,14). The normalized spacial score (nSPS) is 25.6. The van der Waals surface area contributed by atoms with Crippen molar-refractivity contribution in [1.82, 2.24) is 5.32 Å². The van der Waals surface area contributed by atoms with Gasteiger partial charge in [-0.25, -0.2) is 4.79 Å². The van der Waals surface area contributed by atoms with Crippen LogP contribution < -0.4 is 5.32 Å². The van der Waals surface area contributed by atoms with Crippen molar-refractivity contribution < 1.29 is 9.53 Å². The van der Waals surface area contributed by atoms with E-state index < -0.39 is 0 Å². The number of cyclic esters (lactones) is 1. The van der Waals surface area contributed by atoms with Crippen molar-refractivity contribution >= 4 is 6.09 Å². The first kappa shape index (κ1) is 10.0. The van der Waals surface area contributed by atoms with E-state index in [1.54, 1.807) is 0 Å². The van der Waals surface area contributed by atoms with Gasteiger partial charge in [-0.1, -0.05) is 24.3 Å². The topological polar surface area (TPSA) is 38.3 Å². The summed E-state index contributed by atoms with van der Waals surface area (Å²) in [6.45, 7) is 4.58. The van der Waals surface area contributed by atoms with Crippen molar-refractivity contribution in [3.05, 3.63) is 35.4 Å². The summed E-state index contributed by atoms with van der Waals surface area (Å²) in [6.07, 6.45) is 0.482. The van der Waals surface area contributed by atoms with Gasteiger partial charge >= 0.3 is 6.09 Å². The molecule has 2 rings (SSSR count). The summed E-state index contributed by atoms with van der Waals surface area (Å²) in [5.41, 5.74) is 2.07. The van der Waals surface area contributed by atoms with Crippen molar-refractivity contribution in [2.24, 2.45) is 0 Å². The Morgan fingerprint density at radius 1 is 1.40 bits per heavy atom. The number of hydrogen-bond acceptors (Lipinski definition) is 2. The number of ether oxygens (including phenoxy) is 1. The molecular formula is C12H15NO2. The lowest BCUT2D eigenvalue weighted by Gasteiger charge is -2.35. The van der Waals surface area contributed by atoms with Gasteiger partial charge in [0.2, 0.25) is 0 Å². The van der Waals surface area contributed by atoms with Crippen molar-refractivity contribution in [1.29, 1.82) is 0 Å². The molecule has 1 aromatic rings. The monoisotopic (exact) mass is 205 g/mol. The SMILES string of the molecule is Cc1ccccc1C1(C)CCOC(=O)N1. The lowest BCUT2D eigenvalue weighted by Crippen LogP contribution is -2.49. The van der Waals surface area contributed by atoms with Gasteiger partial charge in [-0.3, -0.25) is 0 Å². The fraction of sp³-hybridized carbons (Fsp3) is 0.417. The number of hydrogen-bond donors (Lipinski definition) is 1. The molecule has 1 aliphatic rings. The van der Waals surface area contributed by atoms with E-state index in [2.05, 4.69) is 24.4 Å². The predicted octanol–water partition coefficient (Wildman–Crippen LogP) is 2.34. The van der Waals surface area contributed by atoms with Crippen LogP contribution in [0.4, 0.5) is 4.79 Å². The third-order valence-electron chi connectivity index (χ3n) is 2.95. The van der Waals surface area contributed by atoms with Gasteiger partial charge < -0.3 is 10.1 Å². The maximum absolute atomic E-state index is 11.2. The first-order chi connectivity index (χ1) is 7.12. The second-order valence-corrected chi connectivity index (χ2v) is 4.16. The summed E-state index contributed by atoms with van der Waals surface area (Å²) in [4.78, 5) is 11.2. The molecule has 1 saturated heterocycles. The number of alkyl carbamates (subject to hydrolysis) is 1. The highest BCUT2D eigenvalue weighted by Crippen LogP contribution is 2.29. The van der Waals surface area contributed by atoms with E-state index in [-0.39, 0.29) is 11.6 Å². The smallest absolute Gasteiger partial charge is 0.407 e. The number of carbonyl (C=O) groups excluding carboxylic acids is 1. The maximum Gasteiger partial charge on any atom is 0.407 e. The molecule has 0 bridgehead atoms. The average Bonchev–Trinajstić information content (AvgIpc) is 2.17. The molecule has 1 amide bonds. The van der Waals surface area contributed by atoms with Crippen LogP contribution in [-0.4, -0.2) is 12.7 Å². The lowest BCUT2D eigenvalue weighted by atomic mass is 9.85. The van der Waals surface area contributed by atoms with Gasteiger partial charge in [0.15, 0.2) is 0 Å². The first-order valence-corrected chi connectivity index (χ1v) is 5.13. The Bertz CT molecular complexity index is 389. The predicted molar refractivity (Wildman–Crippen MR) is 57.6 cm³/mol. The molecule has 0 aliphatic carbocycles. The fourth-order valence-electron chi connectivity index (χ4n) is 2.07. The van der Waals surface area contributed by atoms with E-state index in [9.17, 15) is 4.79 Å². The minimum Gasteiger partial charge on any atom is -0.449 e. The number of benzene rings is 1. The molecular weight excluding hydrogens is 190 g/mol. The quantitative estimate of drug-likeness (QED) is 0.764. The Labute approximate surface area is 89.4 Å². The van der Waals surface area contributed by atoms with Crippen molar-refractivity contribution in [2.45, 2.75) is 25.8 Å². The molecule has 3 nitrogen and oxygen atoms in total. The largest absolute Gasteiger partial charge is 0.449 e. The second-order valence-electron chi connectivity index (χ2n) is 4.16. The Morgan fingerprint density at radius 3 is 2.80 bits per heavy atom. The van der Waals surface area contributed by atoms with Gasteiger partial charge in [0.05, 0.1) is 12.1 Å². The van der Waals surface area contributed by atoms with Crippen LogP contribution in [0.15, 0.2) is 24.3 Å². The number of rotatable bonds is 1. The number of amides is 1. The molecule has 0 saturated carbocycles. The zero-order valence-corrected chi connectivity index (χ0v) is 9.04. The van der Waals surface area contributed by atoms with Crippen LogP contribution in [0.1, 0.15) is 24.5 Å². The average molecular weight is 205 g/mol.